The van der Waals surface area contributed by atoms with Crippen molar-refractivity contribution in [3.63, 3.8) is 0 Å². The van der Waals surface area contributed by atoms with Crippen molar-refractivity contribution in [2.45, 2.75) is 19.9 Å². The van der Waals surface area contributed by atoms with Gasteiger partial charge in [-0.05, 0) is 25.0 Å². The van der Waals surface area contributed by atoms with Gasteiger partial charge in [-0.25, -0.2) is 4.98 Å². The SMILES string of the molecule is Cc1ccccc1OCC(=O)N1CCCN(Cc2cscn2)CC1. The van der Waals surface area contributed by atoms with Gasteiger partial charge in [0, 0.05) is 38.1 Å². The van der Waals surface area contributed by atoms with E-state index in [4.69, 9.17) is 4.74 Å². The van der Waals surface area contributed by atoms with Crippen LogP contribution in [-0.2, 0) is 11.3 Å². The number of para-hydroxylation sites is 1. The molecule has 2 aromatic rings. The molecule has 1 aromatic heterocycles. The fourth-order valence-electron chi connectivity index (χ4n) is 2.87. The molecule has 6 heteroatoms. The predicted molar refractivity (Wildman–Crippen MR) is 95.3 cm³/mol. The number of aryl methyl sites for hydroxylation is 1. The molecule has 0 spiro atoms. The van der Waals surface area contributed by atoms with Gasteiger partial charge in [0.15, 0.2) is 6.61 Å². The number of rotatable bonds is 5. The maximum Gasteiger partial charge on any atom is 0.260 e. The Morgan fingerprint density at radius 2 is 2.12 bits per heavy atom. The summed E-state index contributed by atoms with van der Waals surface area (Å²) in [7, 11) is 0. The van der Waals surface area contributed by atoms with E-state index in [2.05, 4.69) is 15.3 Å². The Hall–Kier alpha value is -1.92. The number of aromatic nitrogens is 1. The molecular weight excluding hydrogens is 322 g/mol. The fraction of sp³-hybridized carbons (Fsp3) is 0.444. The van der Waals surface area contributed by atoms with Crippen LogP contribution in [0.4, 0.5) is 0 Å². The third-order valence-electron chi connectivity index (χ3n) is 4.26. The van der Waals surface area contributed by atoms with Crippen LogP contribution in [0, 0.1) is 6.92 Å². The van der Waals surface area contributed by atoms with Crippen molar-refractivity contribution in [1.29, 1.82) is 0 Å². The van der Waals surface area contributed by atoms with E-state index in [0.717, 1.165) is 56.2 Å². The first-order valence-corrected chi connectivity index (χ1v) is 9.22. The van der Waals surface area contributed by atoms with Crippen LogP contribution in [0.25, 0.3) is 0 Å². The average molecular weight is 345 g/mol. The number of thiazole rings is 1. The van der Waals surface area contributed by atoms with Crippen LogP contribution in [0.1, 0.15) is 17.7 Å². The van der Waals surface area contributed by atoms with Crippen LogP contribution in [-0.4, -0.2) is 53.5 Å². The topological polar surface area (TPSA) is 45.7 Å². The highest BCUT2D eigenvalue weighted by Gasteiger charge is 2.20. The molecule has 3 rings (SSSR count). The summed E-state index contributed by atoms with van der Waals surface area (Å²) in [5.74, 6) is 0.847. The maximum absolute atomic E-state index is 12.4. The molecule has 24 heavy (non-hydrogen) atoms. The molecule has 2 heterocycles. The van der Waals surface area contributed by atoms with Gasteiger partial charge in [0.05, 0.1) is 11.2 Å². The van der Waals surface area contributed by atoms with E-state index in [1.807, 2.05) is 41.6 Å². The zero-order valence-electron chi connectivity index (χ0n) is 14.0. The van der Waals surface area contributed by atoms with Crippen molar-refractivity contribution in [2.24, 2.45) is 0 Å². The lowest BCUT2D eigenvalue weighted by molar-refractivity contribution is -0.133. The monoisotopic (exact) mass is 345 g/mol. The van der Waals surface area contributed by atoms with Gasteiger partial charge in [-0.15, -0.1) is 11.3 Å². The number of benzene rings is 1. The second kappa shape index (κ2) is 8.26. The third-order valence-corrected chi connectivity index (χ3v) is 4.89. The lowest BCUT2D eigenvalue weighted by Gasteiger charge is -2.22. The molecule has 1 saturated heterocycles. The van der Waals surface area contributed by atoms with Gasteiger partial charge in [-0.1, -0.05) is 18.2 Å². The minimum atomic E-state index is 0.0637. The standard InChI is InChI=1S/C18H23N3O2S/c1-15-5-2-3-6-17(15)23-12-18(22)21-8-4-7-20(9-10-21)11-16-13-24-14-19-16/h2-3,5-6,13-14H,4,7-12H2,1H3. The molecule has 0 unspecified atom stereocenters. The van der Waals surface area contributed by atoms with Crippen molar-refractivity contribution in [2.75, 3.05) is 32.8 Å². The maximum atomic E-state index is 12.4. The minimum Gasteiger partial charge on any atom is -0.484 e. The van der Waals surface area contributed by atoms with Crippen molar-refractivity contribution in [1.82, 2.24) is 14.8 Å². The molecule has 1 aromatic carbocycles. The van der Waals surface area contributed by atoms with E-state index in [9.17, 15) is 4.79 Å². The van der Waals surface area contributed by atoms with E-state index in [-0.39, 0.29) is 12.5 Å². The number of ether oxygens (including phenoxy) is 1. The molecule has 128 valence electrons. The second-order valence-corrected chi connectivity index (χ2v) is 6.76. The Kier molecular flexibility index (Phi) is 5.82. The molecule has 0 N–H and O–H groups in total. The van der Waals surface area contributed by atoms with Crippen LogP contribution in [0.2, 0.25) is 0 Å². The molecule has 5 nitrogen and oxygen atoms in total. The minimum absolute atomic E-state index is 0.0637. The summed E-state index contributed by atoms with van der Waals surface area (Å²) in [5, 5.41) is 2.09. The molecule has 0 radical (unpaired) electrons. The van der Waals surface area contributed by atoms with Crippen LogP contribution in [0.3, 0.4) is 0 Å². The van der Waals surface area contributed by atoms with Crippen molar-refractivity contribution >= 4 is 17.2 Å². The smallest absolute Gasteiger partial charge is 0.260 e. The van der Waals surface area contributed by atoms with Crippen molar-refractivity contribution < 1.29 is 9.53 Å². The first-order valence-electron chi connectivity index (χ1n) is 8.28. The predicted octanol–water partition coefficient (Wildman–Crippen LogP) is 2.56. The molecule has 0 atom stereocenters. The van der Waals surface area contributed by atoms with Crippen molar-refractivity contribution in [3.8, 4) is 5.75 Å². The van der Waals surface area contributed by atoms with Crippen LogP contribution >= 0.6 is 11.3 Å². The normalized spacial score (nSPS) is 16.0. The number of carbonyl (C=O) groups excluding carboxylic acids is 1. The number of carbonyl (C=O) groups is 1. The molecule has 1 amide bonds. The summed E-state index contributed by atoms with van der Waals surface area (Å²) in [6, 6.07) is 7.79. The number of nitrogens with zero attached hydrogens (tertiary/aromatic N) is 3. The summed E-state index contributed by atoms with van der Waals surface area (Å²) in [4.78, 5) is 21.1. The van der Waals surface area contributed by atoms with Crippen LogP contribution < -0.4 is 4.74 Å². The summed E-state index contributed by atoms with van der Waals surface area (Å²) in [5.41, 5.74) is 4.03. The Bertz CT molecular complexity index is 660. The molecule has 0 bridgehead atoms. The highest BCUT2D eigenvalue weighted by Crippen LogP contribution is 2.16. The average Bonchev–Trinajstić information content (AvgIpc) is 2.98. The van der Waals surface area contributed by atoms with Crippen molar-refractivity contribution in [3.05, 3.63) is 46.4 Å². The van der Waals surface area contributed by atoms with Gasteiger partial charge < -0.3 is 9.64 Å². The van der Waals surface area contributed by atoms with Gasteiger partial charge in [0.25, 0.3) is 5.91 Å². The van der Waals surface area contributed by atoms with Crippen LogP contribution in [0.5, 0.6) is 5.75 Å². The first kappa shape index (κ1) is 16.9. The Morgan fingerprint density at radius 1 is 1.25 bits per heavy atom. The molecular formula is C18H23N3O2S. The lowest BCUT2D eigenvalue weighted by Crippen LogP contribution is -2.38. The van der Waals surface area contributed by atoms with Gasteiger partial charge in [0.2, 0.25) is 0 Å². The molecule has 0 aliphatic carbocycles. The second-order valence-electron chi connectivity index (χ2n) is 6.04. The number of hydrogen-bond acceptors (Lipinski definition) is 5. The Balaban J connectivity index is 1.48. The zero-order valence-corrected chi connectivity index (χ0v) is 14.8. The summed E-state index contributed by atoms with van der Waals surface area (Å²) < 4.78 is 5.69. The van der Waals surface area contributed by atoms with Gasteiger partial charge >= 0.3 is 0 Å². The van der Waals surface area contributed by atoms with E-state index in [1.54, 1.807) is 11.3 Å². The van der Waals surface area contributed by atoms with Gasteiger partial charge in [0.1, 0.15) is 5.75 Å². The first-order chi connectivity index (χ1) is 11.7. The third kappa shape index (κ3) is 4.55. The fourth-order valence-corrected chi connectivity index (χ4v) is 3.42. The van der Waals surface area contributed by atoms with E-state index < -0.39 is 0 Å². The number of amides is 1. The molecule has 0 saturated carbocycles. The Labute approximate surface area is 146 Å². The lowest BCUT2D eigenvalue weighted by atomic mass is 10.2. The van der Waals surface area contributed by atoms with E-state index in [1.165, 1.54) is 0 Å². The largest absolute Gasteiger partial charge is 0.484 e. The van der Waals surface area contributed by atoms with Gasteiger partial charge in [-0.3, -0.25) is 9.69 Å². The van der Waals surface area contributed by atoms with E-state index >= 15 is 0 Å². The highest BCUT2D eigenvalue weighted by atomic mass is 32.1. The molecule has 1 aliphatic heterocycles. The molecule has 1 aliphatic rings. The zero-order chi connectivity index (χ0) is 16.8. The quantitative estimate of drug-likeness (QED) is 0.835. The summed E-state index contributed by atoms with van der Waals surface area (Å²) in [6.45, 7) is 6.39. The number of hydrogen-bond donors (Lipinski definition) is 0. The van der Waals surface area contributed by atoms with E-state index in [0.29, 0.717) is 0 Å². The summed E-state index contributed by atoms with van der Waals surface area (Å²) in [6.07, 6.45) is 0.986. The summed E-state index contributed by atoms with van der Waals surface area (Å²) >= 11 is 1.63. The van der Waals surface area contributed by atoms with Crippen LogP contribution in [0.15, 0.2) is 35.2 Å². The Morgan fingerprint density at radius 3 is 2.92 bits per heavy atom. The van der Waals surface area contributed by atoms with Gasteiger partial charge in [-0.2, -0.15) is 0 Å². The highest BCUT2D eigenvalue weighted by molar-refractivity contribution is 7.07. The molecule has 1 fully saturated rings.